The standard InChI is InChI=1S/C12H22N2O2S/c1-3-12(4-2,11(13)17)14-10(15)9-6-5-7-16-8-9/h9H,3-8H2,1-2H3,(H2,13,17)(H,14,15). The molecule has 0 saturated carbocycles. The van der Waals surface area contributed by atoms with E-state index in [1.165, 1.54) is 0 Å². The van der Waals surface area contributed by atoms with Gasteiger partial charge in [-0.2, -0.15) is 0 Å². The lowest BCUT2D eigenvalue weighted by Gasteiger charge is -2.34. The van der Waals surface area contributed by atoms with Crippen molar-refractivity contribution in [3.8, 4) is 0 Å². The Kier molecular flexibility index (Phi) is 5.33. The smallest absolute Gasteiger partial charge is 0.226 e. The molecule has 0 aromatic heterocycles. The highest BCUT2D eigenvalue weighted by atomic mass is 32.1. The van der Waals surface area contributed by atoms with Crippen LogP contribution in [0.15, 0.2) is 0 Å². The Balaban J connectivity index is 2.66. The Hall–Kier alpha value is -0.680. The van der Waals surface area contributed by atoms with E-state index in [1.807, 2.05) is 13.8 Å². The van der Waals surface area contributed by atoms with Gasteiger partial charge in [0.05, 0.1) is 23.1 Å². The van der Waals surface area contributed by atoms with Crippen LogP contribution in [0.1, 0.15) is 39.5 Å². The maximum Gasteiger partial charge on any atom is 0.226 e. The van der Waals surface area contributed by atoms with E-state index in [1.54, 1.807) is 0 Å². The monoisotopic (exact) mass is 258 g/mol. The average Bonchev–Trinajstić information content (AvgIpc) is 2.36. The highest BCUT2D eigenvalue weighted by Crippen LogP contribution is 2.19. The molecular formula is C12H22N2O2S. The molecule has 1 unspecified atom stereocenters. The number of carbonyl (C=O) groups is 1. The van der Waals surface area contributed by atoms with Crippen molar-refractivity contribution in [2.24, 2.45) is 11.7 Å². The minimum Gasteiger partial charge on any atom is -0.391 e. The van der Waals surface area contributed by atoms with Crippen molar-refractivity contribution < 1.29 is 9.53 Å². The molecule has 1 heterocycles. The van der Waals surface area contributed by atoms with Gasteiger partial charge in [-0.15, -0.1) is 0 Å². The number of hydrogen-bond acceptors (Lipinski definition) is 3. The molecule has 0 radical (unpaired) electrons. The van der Waals surface area contributed by atoms with Crippen molar-refractivity contribution in [3.63, 3.8) is 0 Å². The number of rotatable bonds is 5. The molecule has 1 fully saturated rings. The van der Waals surface area contributed by atoms with E-state index in [0.29, 0.717) is 11.6 Å². The quantitative estimate of drug-likeness (QED) is 0.731. The number of hydrogen-bond donors (Lipinski definition) is 2. The van der Waals surface area contributed by atoms with Crippen molar-refractivity contribution in [1.82, 2.24) is 5.32 Å². The fourth-order valence-electron chi connectivity index (χ4n) is 2.12. The first-order chi connectivity index (χ1) is 8.05. The van der Waals surface area contributed by atoms with Crippen molar-refractivity contribution in [2.45, 2.75) is 45.1 Å². The lowest BCUT2D eigenvalue weighted by atomic mass is 9.91. The molecule has 0 aromatic rings. The Morgan fingerprint density at radius 3 is 2.59 bits per heavy atom. The minimum atomic E-state index is -0.538. The van der Waals surface area contributed by atoms with Crippen LogP contribution in [0.25, 0.3) is 0 Å². The Morgan fingerprint density at radius 2 is 2.18 bits per heavy atom. The van der Waals surface area contributed by atoms with Crippen LogP contribution in [0.4, 0.5) is 0 Å². The third kappa shape index (κ3) is 3.39. The molecule has 0 aromatic carbocycles. The summed E-state index contributed by atoms with van der Waals surface area (Å²) >= 11 is 5.08. The molecule has 1 rings (SSSR count). The van der Waals surface area contributed by atoms with Crippen LogP contribution in [-0.2, 0) is 9.53 Å². The van der Waals surface area contributed by atoms with E-state index in [-0.39, 0.29) is 11.8 Å². The van der Waals surface area contributed by atoms with Gasteiger partial charge in [-0.05, 0) is 25.7 Å². The Morgan fingerprint density at radius 1 is 1.53 bits per heavy atom. The normalized spacial score (nSPS) is 20.9. The zero-order valence-corrected chi connectivity index (χ0v) is 11.4. The average molecular weight is 258 g/mol. The molecule has 98 valence electrons. The van der Waals surface area contributed by atoms with Gasteiger partial charge in [-0.1, -0.05) is 26.1 Å². The molecule has 1 saturated heterocycles. The number of amides is 1. The summed E-state index contributed by atoms with van der Waals surface area (Å²) in [6.45, 7) is 5.24. The van der Waals surface area contributed by atoms with Crippen LogP contribution in [0.3, 0.4) is 0 Å². The second-order valence-electron chi connectivity index (χ2n) is 4.56. The van der Waals surface area contributed by atoms with Crippen LogP contribution in [0, 0.1) is 5.92 Å². The predicted octanol–water partition coefficient (Wildman–Crippen LogP) is 1.37. The number of nitrogens with one attached hydrogen (secondary N) is 1. The third-order valence-electron chi connectivity index (χ3n) is 3.57. The molecule has 0 bridgehead atoms. The van der Waals surface area contributed by atoms with E-state index in [9.17, 15) is 4.79 Å². The van der Waals surface area contributed by atoms with Gasteiger partial charge >= 0.3 is 0 Å². The molecule has 0 aliphatic carbocycles. The second-order valence-corrected chi connectivity index (χ2v) is 5.00. The van der Waals surface area contributed by atoms with Crippen LogP contribution in [-0.4, -0.2) is 29.6 Å². The maximum absolute atomic E-state index is 12.1. The highest BCUT2D eigenvalue weighted by molar-refractivity contribution is 7.80. The number of carbonyl (C=O) groups excluding carboxylic acids is 1. The highest BCUT2D eigenvalue weighted by Gasteiger charge is 2.34. The summed E-state index contributed by atoms with van der Waals surface area (Å²) in [6.07, 6.45) is 3.26. The number of ether oxygens (including phenoxy) is 1. The van der Waals surface area contributed by atoms with Gasteiger partial charge in [0.15, 0.2) is 0 Å². The van der Waals surface area contributed by atoms with E-state index in [0.717, 1.165) is 32.3 Å². The van der Waals surface area contributed by atoms with Crippen molar-refractivity contribution in [3.05, 3.63) is 0 Å². The SMILES string of the molecule is CCC(CC)(NC(=O)C1CCCOC1)C(N)=S. The van der Waals surface area contributed by atoms with Crippen molar-refractivity contribution in [2.75, 3.05) is 13.2 Å². The van der Waals surface area contributed by atoms with Gasteiger partial charge in [0.25, 0.3) is 0 Å². The van der Waals surface area contributed by atoms with Crippen LogP contribution < -0.4 is 11.1 Å². The molecule has 1 amide bonds. The van der Waals surface area contributed by atoms with E-state index in [4.69, 9.17) is 22.7 Å². The van der Waals surface area contributed by atoms with Crippen LogP contribution in [0.2, 0.25) is 0 Å². The van der Waals surface area contributed by atoms with Gasteiger partial charge in [0.2, 0.25) is 5.91 Å². The van der Waals surface area contributed by atoms with E-state index in [2.05, 4.69) is 5.32 Å². The molecule has 17 heavy (non-hydrogen) atoms. The zero-order valence-electron chi connectivity index (χ0n) is 10.6. The molecule has 1 atom stereocenters. The first kappa shape index (κ1) is 14.4. The molecule has 3 N–H and O–H groups in total. The van der Waals surface area contributed by atoms with Crippen molar-refractivity contribution in [1.29, 1.82) is 0 Å². The van der Waals surface area contributed by atoms with Gasteiger partial charge in [0, 0.05) is 6.61 Å². The molecule has 5 heteroatoms. The van der Waals surface area contributed by atoms with Crippen LogP contribution in [0.5, 0.6) is 0 Å². The summed E-state index contributed by atoms with van der Waals surface area (Å²) in [7, 11) is 0. The fourth-order valence-corrected chi connectivity index (χ4v) is 2.46. The summed E-state index contributed by atoms with van der Waals surface area (Å²) in [5, 5.41) is 3.01. The van der Waals surface area contributed by atoms with Gasteiger partial charge in [-0.3, -0.25) is 4.79 Å². The van der Waals surface area contributed by atoms with Gasteiger partial charge in [-0.25, -0.2) is 0 Å². The summed E-state index contributed by atoms with van der Waals surface area (Å²) < 4.78 is 5.32. The number of nitrogens with two attached hydrogens (primary N) is 1. The minimum absolute atomic E-state index is 0.0150. The lowest BCUT2D eigenvalue weighted by molar-refractivity contribution is -0.130. The molecule has 0 spiro atoms. The Bertz CT molecular complexity index is 284. The largest absolute Gasteiger partial charge is 0.391 e. The molecular weight excluding hydrogens is 236 g/mol. The van der Waals surface area contributed by atoms with Gasteiger partial charge in [0.1, 0.15) is 0 Å². The topological polar surface area (TPSA) is 64.3 Å². The molecule has 1 aliphatic heterocycles. The zero-order chi connectivity index (χ0) is 12.9. The predicted molar refractivity (Wildman–Crippen MR) is 71.8 cm³/mol. The van der Waals surface area contributed by atoms with Gasteiger partial charge < -0.3 is 15.8 Å². The molecule has 1 aliphatic rings. The number of thiocarbonyl (C=S) groups is 1. The van der Waals surface area contributed by atoms with E-state index < -0.39 is 5.54 Å². The maximum atomic E-state index is 12.1. The second kappa shape index (κ2) is 6.31. The third-order valence-corrected chi connectivity index (χ3v) is 3.96. The Labute approximate surface area is 108 Å². The summed E-state index contributed by atoms with van der Waals surface area (Å²) in [6, 6.07) is 0. The first-order valence-electron chi connectivity index (χ1n) is 6.25. The summed E-state index contributed by atoms with van der Waals surface area (Å²) in [5.41, 5.74) is 5.22. The van der Waals surface area contributed by atoms with E-state index >= 15 is 0 Å². The first-order valence-corrected chi connectivity index (χ1v) is 6.66. The van der Waals surface area contributed by atoms with Crippen molar-refractivity contribution >= 4 is 23.1 Å². The molecule has 4 nitrogen and oxygen atoms in total. The summed E-state index contributed by atoms with van der Waals surface area (Å²) in [4.78, 5) is 12.5. The van der Waals surface area contributed by atoms with Crippen LogP contribution >= 0.6 is 12.2 Å². The summed E-state index contributed by atoms with van der Waals surface area (Å²) in [5.74, 6) is -0.0447. The fraction of sp³-hybridized carbons (Fsp3) is 0.833. The lowest BCUT2D eigenvalue weighted by Crippen LogP contribution is -2.57.